The van der Waals surface area contributed by atoms with Gasteiger partial charge in [-0.05, 0) is 38.3 Å². The standard InChI is InChI=1S/C16H25NO2/c1-4-5-11-17(13-9-10-13)14-7-6-8-15(19-3)16(14)12(2)18/h6-8,12-13,18H,4-5,9-11H2,1-3H3. The lowest BCUT2D eigenvalue weighted by atomic mass is 10.0. The highest BCUT2D eigenvalue weighted by atomic mass is 16.5. The minimum atomic E-state index is -0.506. The Hall–Kier alpha value is -1.22. The lowest BCUT2D eigenvalue weighted by Crippen LogP contribution is -2.28. The summed E-state index contributed by atoms with van der Waals surface area (Å²) in [6.45, 7) is 5.09. The van der Waals surface area contributed by atoms with Crippen LogP contribution in [0.15, 0.2) is 18.2 Å². The third-order valence-electron chi connectivity index (χ3n) is 3.73. The van der Waals surface area contributed by atoms with E-state index in [1.165, 1.54) is 25.7 Å². The van der Waals surface area contributed by atoms with Crippen molar-refractivity contribution in [3.8, 4) is 5.75 Å². The normalized spacial score (nSPS) is 16.2. The highest BCUT2D eigenvalue weighted by molar-refractivity contribution is 5.61. The van der Waals surface area contributed by atoms with E-state index < -0.39 is 6.10 Å². The summed E-state index contributed by atoms with van der Waals surface area (Å²) in [5, 5.41) is 10.1. The van der Waals surface area contributed by atoms with Gasteiger partial charge in [-0.15, -0.1) is 0 Å². The van der Waals surface area contributed by atoms with Crippen molar-refractivity contribution in [2.75, 3.05) is 18.6 Å². The number of aliphatic hydroxyl groups is 1. The fraction of sp³-hybridized carbons (Fsp3) is 0.625. The van der Waals surface area contributed by atoms with Gasteiger partial charge < -0.3 is 14.7 Å². The average molecular weight is 263 g/mol. The summed E-state index contributed by atoms with van der Waals surface area (Å²) < 4.78 is 5.42. The molecule has 0 saturated heterocycles. The van der Waals surface area contributed by atoms with Crippen LogP contribution < -0.4 is 9.64 Å². The average Bonchev–Trinajstić information content (AvgIpc) is 3.23. The van der Waals surface area contributed by atoms with Gasteiger partial charge in [0.05, 0.1) is 13.2 Å². The fourth-order valence-corrected chi connectivity index (χ4v) is 2.60. The first-order valence-electron chi connectivity index (χ1n) is 7.30. The number of unbranched alkanes of at least 4 members (excludes halogenated alkanes) is 1. The van der Waals surface area contributed by atoms with Gasteiger partial charge >= 0.3 is 0 Å². The lowest BCUT2D eigenvalue weighted by Gasteiger charge is -2.29. The molecule has 1 saturated carbocycles. The molecule has 0 bridgehead atoms. The molecule has 1 aliphatic rings. The van der Waals surface area contributed by atoms with E-state index in [0.717, 1.165) is 23.5 Å². The van der Waals surface area contributed by atoms with Crippen molar-refractivity contribution in [2.24, 2.45) is 0 Å². The number of hydrogen-bond donors (Lipinski definition) is 1. The molecular weight excluding hydrogens is 238 g/mol. The summed E-state index contributed by atoms with van der Waals surface area (Å²) in [6.07, 6.45) is 4.40. The third kappa shape index (κ3) is 3.21. The molecule has 1 aliphatic carbocycles. The number of rotatable bonds is 7. The second-order valence-corrected chi connectivity index (χ2v) is 5.35. The van der Waals surface area contributed by atoms with Crippen molar-refractivity contribution in [1.29, 1.82) is 0 Å². The van der Waals surface area contributed by atoms with E-state index in [4.69, 9.17) is 4.74 Å². The van der Waals surface area contributed by atoms with E-state index in [9.17, 15) is 5.11 Å². The lowest BCUT2D eigenvalue weighted by molar-refractivity contribution is 0.194. The van der Waals surface area contributed by atoms with Crippen LogP contribution >= 0.6 is 0 Å². The van der Waals surface area contributed by atoms with Gasteiger partial charge in [-0.25, -0.2) is 0 Å². The molecule has 2 rings (SSSR count). The van der Waals surface area contributed by atoms with Gasteiger partial charge in [0.1, 0.15) is 5.75 Å². The van der Waals surface area contributed by atoms with Crippen LogP contribution in [-0.2, 0) is 0 Å². The minimum absolute atomic E-state index is 0.506. The van der Waals surface area contributed by atoms with Crippen molar-refractivity contribution in [3.05, 3.63) is 23.8 Å². The van der Waals surface area contributed by atoms with Crippen LogP contribution in [0, 0.1) is 0 Å². The van der Waals surface area contributed by atoms with Crippen LogP contribution in [0.3, 0.4) is 0 Å². The predicted octanol–water partition coefficient (Wildman–Crippen LogP) is 3.52. The molecule has 0 aromatic heterocycles. The van der Waals surface area contributed by atoms with E-state index in [0.29, 0.717) is 6.04 Å². The first kappa shape index (κ1) is 14.2. The first-order valence-corrected chi connectivity index (χ1v) is 7.30. The van der Waals surface area contributed by atoms with E-state index in [1.54, 1.807) is 7.11 Å². The number of nitrogens with zero attached hydrogens (tertiary/aromatic N) is 1. The molecule has 1 atom stereocenters. The van der Waals surface area contributed by atoms with Gasteiger partial charge in [-0.2, -0.15) is 0 Å². The monoisotopic (exact) mass is 263 g/mol. The zero-order valence-electron chi connectivity index (χ0n) is 12.2. The number of methoxy groups -OCH3 is 1. The Kier molecular flexibility index (Phi) is 4.70. The van der Waals surface area contributed by atoms with Gasteiger partial charge in [-0.3, -0.25) is 0 Å². The SMILES string of the molecule is CCCCN(c1cccc(OC)c1C(C)O)C1CC1. The molecular formula is C16H25NO2. The Morgan fingerprint density at radius 3 is 2.68 bits per heavy atom. The Balaban J connectivity index is 2.34. The Morgan fingerprint density at radius 1 is 1.42 bits per heavy atom. The van der Waals surface area contributed by atoms with Crippen LogP contribution in [0.2, 0.25) is 0 Å². The Bertz CT molecular complexity index is 413. The molecule has 1 aromatic carbocycles. The largest absolute Gasteiger partial charge is 0.496 e. The molecule has 0 aliphatic heterocycles. The minimum Gasteiger partial charge on any atom is -0.496 e. The van der Waals surface area contributed by atoms with Gasteiger partial charge in [0, 0.05) is 23.8 Å². The number of aliphatic hydroxyl groups excluding tert-OH is 1. The molecule has 0 spiro atoms. The maximum absolute atomic E-state index is 10.1. The van der Waals surface area contributed by atoms with Crippen LogP contribution in [0.4, 0.5) is 5.69 Å². The molecule has 1 aromatic rings. The highest BCUT2D eigenvalue weighted by Gasteiger charge is 2.31. The molecule has 106 valence electrons. The van der Waals surface area contributed by atoms with Crippen molar-refractivity contribution in [3.63, 3.8) is 0 Å². The van der Waals surface area contributed by atoms with Crippen molar-refractivity contribution in [1.82, 2.24) is 0 Å². The summed E-state index contributed by atoms with van der Waals surface area (Å²) in [7, 11) is 1.67. The molecule has 19 heavy (non-hydrogen) atoms. The van der Waals surface area contributed by atoms with Crippen LogP contribution in [0.25, 0.3) is 0 Å². The molecule has 0 radical (unpaired) electrons. The highest BCUT2D eigenvalue weighted by Crippen LogP contribution is 2.39. The van der Waals surface area contributed by atoms with Crippen LogP contribution in [-0.4, -0.2) is 24.8 Å². The first-order chi connectivity index (χ1) is 9.19. The molecule has 0 heterocycles. The summed E-state index contributed by atoms with van der Waals surface area (Å²) in [4.78, 5) is 2.45. The van der Waals surface area contributed by atoms with Crippen LogP contribution in [0.5, 0.6) is 5.75 Å². The van der Waals surface area contributed by atoms with Crippen LogP contribution in [0.1, 0.15) is 51.2 Å². The summed E-state index contributed by atoms with van der Waals surface area (Å²) in [5.74, 6) is 0.787. The van der Waals surface area contributed by atoms with Gasteiger partial charge in [0.25, 0.3) is 0 Å². The van der Waals surface area contributed by atoms with Crippen molar-refractivity contribution < 1.29 is 9.84 Å². The zero-order valence-corrected chi connectivity index (χ0v) is 12.2. The smallest absolute Gasteiger partial charge is 0.126 e. The maximum Gasteiger partial charge on any atom is 0.126 e. The summed E-state index contributed by atoms with van der Waals surface area (Å²) >= 11 is 0. The van der Waals surface area contributed by atoms with E-state index in [1.807, 2.05) is 19.1 Å². The molecule has 0 amide bonds. The number of benzene rings is 1. The number of anilines is 1. The number of ether oxygens (including phenoxy) is 1. The zero-order chi connectivity index (χ0) is 13.8. The second-order valence-electron chi connectivity index (χ2n) is 5.35. The van der Waals surface area contributed by atoms with Gasteiger partial charge in [0.2, 0.25) is 0 Å². The van der Waals surface area contributed by atoms with Gasteiger partial charge in [0.15, 0.2) is 0 Å². The molecule has 1 fully saturated rings. The molecule has 3 heteroatoms. The second kappa shape index (κ2) is 6.29. The third-order valence-corrected chi connectivity index (χ3v) is 3.73. The van der Waals surface area contributed by atoms with Crippen molar-refractivity contribution in [2.45, 2.75) is 51.7 Å². The van der Waals surface area contributed by atoms with E-state index in [-0.39, 0.29) is 0 Å². The summed E-state index contributed by atoms with van der Waals surface area (Å²) in [6, 6.07) is 6.70. The quantitative estimate of drug-likeness (QED) is 0.817. The van der Waals surface area contributed by atoms with Gasteiger partial charge in [-0.1, -0.05) is 19.4 Å². The topological polar surface area (TPSA) is 32.7 Å². The summed E-state index contributed by atoms with van der Waals surface area (Å²) in [5.41, 5.74) is 2.07. The van der Waals surface area contributed by atoms with Crippen molar-refractivity contribution >= 4 is 5.69 Å². The number of hydrogen-bond acceptors (Lipinski definition) is 3. The molecule has 1 unspecified atom stereocenters. The Morgan fingerprint density at radius 2 is 2.16 bits per heavy atom. The molecule has 3 nitrogen and oxygen atoms in total. The molecule has 1 N–H and O–H groups in total. The fourth-order valence-electron chi connectivity index (χ4n) is 2.60. The van der Waals surface area contributed by atoms with E-state index in [2.05, 4.69) is 17.9 Å². The predicted molar refractivity (Wildman–Crippen MR) is 78.9 cm³/mol. The maximum atomic E-state index is 10.1. The van der Waals surface area contributed by atoms with E-state index >= 15 is 0 Å². The Labute approximate surface area is 116 Å².